The van der Waals surface area contributed by atoms with E-state index in [9.17, 15) is 24.0 Å². The normalized spacial score (nSPS) is 11.7. The third-order valence-corrected chi connectivity index (χ3v) is 4.07. The van der Waals surface area contributed by atoms with E-state index in [0.717, 1.165) is 13.2 Å². The third-order valence-electron chi connectivity index (χ3n) is 3.33. The Morgan fingerprint density at radius 1 is 1.13 bits per heavy atom. The molecule has 0 spiro atoms. The predicted molar refractivity (Wildman–Crippen MR) is 110 cm³/mol. The van der Waals surface area contributed by atoms with Crippen LogP contribution < -0.4 is 16.5 Å². The first kappa shape index (κ1) is 24.8. The van der Waals surface area contributed by atoms with Crippen LogP contribution in [0.3, 0.4) is 0 Å². The molecule has 0 heterocycles. The number of hydrogen-bond donors (Lipinski definition) is 3. The molecule has 3 amide bonds. The summed E-state index contributed by atoms with van der Waals surface area (Å²) in [4.78, 5) is 60.9. The number of nitrogens with two attached hydrogens (primary N) is 1. The number of nitrogens with one attached hydrogen (secondary N) is 2. The highest BCUT2D eigenvalue weighted by Crippen LogP contribution is 2.25. The number of ether oxygens (including phenoxy) is 1. The van der Waals surface area contributed by atoms with Crippen molar-refractivity contribution in [1.29, 1.82) is 0 Å². The smallest absolute Gasteiger partial charge is 0.355 e. The zero-order valence-electron chi connectivity index (χ0n) is 16.1. The molecule has 0 aliphatic heterocycles. The number of methoxy groups -OCH3 is 1. The van der Waals surface area contributed by atoms with Crippen LogP contribution in [0.2, 0.25) is 10.0 Å². The zero-order valence-corrected chi connectivity index (χ0v) is 17.6. The van der Waals surface area contributed by atoms with E-state index in [2.05, 4.69) is 15.2 Å². The number of nitrogens with zero attached hydrogens (tertiary/aromatic N) is 1. The Labute approximate surface area is 181 Å². The van der Waals surface area contributed by atoms with E-state index in [1.165, 1.54) is 18.2 Å². The van der Waals surface area contributed by atoms with Crippen molar-refractivity contribution in [3.63, 3.8) is 0 Å². The van der Waals surface area contributed by atoms with E-state index in [4.69, 9.17) is 28.9 Å². The molecule has 0 saturated heterocycles. The van der Waals surface area contributed by atoms with E-state index >= 15 is 0 Å². The van der Waals surface area contributed by atoms with Crippen molar-refractivity contribution in [3.05, 3.63) is 39.9 Å². The number of amides is 3. The van der Waals surface area contributed by atoms with Gasteiger partial charge in [0.15, 0.2) is 11.5 Å². The minimum Gasteiger partial charge on any atom is -0.464 e. The fourth-order valence-corrected chi connectivity index (χ4v) is 2.40. The van der Waals surface area contributed by atoms with Crippen molar-refractivity contribution in [2.24, 2.45) is 16.8 Å². The highest BCUT2D eigenvalue weighted by molar-refractivity contribution is 6.56. The average molecular weight is 457 g/mol. The van der Waals surface area contributed by atoms with Crippen molar-refractivity contribution < 1.29 is 28.7 Å². The van der Waals surface area contributed by atoms with E-state index in [0.29, 0.717) is 5.57 Å². The fraction of sp³-hybridized carbons (Fsp3) is 0.222. The van der Waals surface area contributed by atoms with Gasteiger partial charge >= 0.3 is 12.0 Å². The Kier molecular flexibility index (Phi) is 9.16. The number of anilines is 1. The molecule has 1 aromatic rings. The molecule has 0 fully saturated rings. The van der Waals surface area contributed by atoms with Crippen molar-refractivity contribution >= 4 is 64.1 Å². The summed E-state index contributed by atoms with van der Waals surface area (Å²) in [6.45, 7) is 3.12. The van der Waals surface area contributed by atoms with Crippen LogP contribution in [0, 0.1) is 5.92 Å². The summed E-state index contributed by atoms with van der Waals surface area (Å²) < 4.78 is 4.51. The molecule has 0 aliphatic rings. The molecule has 0 radical (unpaired) electrons. The van der Waals surface area contributed by atoms with E-state index in [1.54, 1.807) is 19.3 Å². The molecule has 0 bridgehead atoms. The molecule has 1 atom stereocenters. The molecule has 160 valence electrons. The Balaban J connectivity index is 3.37. The highest BCUT2D eigenvalue weighted by Gasteiger charge is 2.39. The Bertz CT molecular complexity index is 954. The van der Waals surface area contributed by atoms with Gasteiger partial charge in [-0.2, -0.15) is 5.10 Å². The Morgan fingerprint density at radius 3 is 2.27 bits per heavy atom. The predicted octanol–water partition coefficient (Wildman–Crippen LogP) is 1.85. The standard InChI is InChI=1S/C18H18Cl2N4O6/c1-8(2)6-12(25)13(14(17(28)30-3)23-24-18(21)29)15(26)16(27)22-9-4-5-10(19)11(20)7-9/h4-7,13H,1-3H3,(H,22,27)(H3,21,24,29)/b23-14-/t13-/m1/s1. The number of halogens is 2. The first-order valence-electron chi connectivity index (χ1n) is 8.18. The Morgan fingerprint density at radius 2 is 1.77 bits per heavy atom. The monoisotopic (exact) mass is 456 g/mol. The lowest BCUT2D eigenvalue weighted by Gasteiger charge is -2.14. The molecule has 0 saturated carbocycles. The minimum atomic E-state index is -2.00. The molecule has 0 aliphatic carbocycles. The average Bonchev–Trinajstić information content (AvgIpc) is 2.65. The van der Waals surface area contributed by atoms with Crippen LogP contribution in [-0.4, -0.2) is 42.3 Å². The topological polar surface area (TPSA) is 157 Å². The van der Waals surface area contributed by atoms with E-state index < -0.39 is 41.1 Å². The van der Waals surface area contributed by atoms with Gasteiger partial charge in [0.1, 0.15) is 5.92 Å². The number of urea groups is 1. The van der Waals surface area contributed by atoms with Crippen molar-refractivity contribution in [2.45, 2.75) is 13.8 Å². The molecule has 1 aromatic carbocycles. The quantitative estimate of drug-likeness (QED) is 0.135. The minimum absolute atomic E-state index is 0.113. The molecule has 12 heteroatoms. The second-order valence-electron chi connectivity index (χ2n) is 5.97. The summed E-state index contributed by atoms with van der Waals surface area (Å²) in [6.07, 6.45) is 1.04. The van der Waals surface area contributed by atoms with Gasteiger partial charge in [0.2, 0.25) is 5.78 Å². The number of hydrogen-bond acceptors (Lipinski definition) is 7. The second-order valence-corrected chi connectivity index (χ2v) is 6.78. The van der Waals surface area contributed by atoms with Gasteiger partial charge in [-0.3, -0.25) is 14.4 Å². The summed E-state index contributed by atoms with van der Waals surface area (Å²) in [7, 11) is 0.963. The first-order valence-corrected chi connectivity index (χ1v) is 8.93. The van der Waals surface area contributed by atoms with Gasteiger partial charge in [-0.15, -0.1) is 0 Å². The van der Waals surface area contributed by atoms with Crippen LogP contribution >= 0.6 is 23.2 Å². The molecule has 30 heavy (non-hydrogen) atoms. The number of rotatable bonds is 8. The first-order chi connectivity index (χ1) is 14.0. The second kappa shape index (κ2) is 11.1. The van der Waals surface area contributed by atoms with Gasteiger partial charge in [0.05, 0.1) is 17.2 Å². The number of carbonyl (C=O) groups is 5. The lowest BCUT2D eigenvalue weighted by Crippen LogP contribution is -2.43. The number of ketones is 2. The number of hydrazone groups is 1. The maximum Gasteiger partial charge on any atom is 0.355 e. The van der Waals surface area contributed by atoms with Crippen molar-refractivity contribution in [2.75, 3.05) is 12.4 Å². The van der Waals surface area contributed by atoms with Gasteiger partial charge < -0.3 is 15.8 Å². The summed E-state index contributed by atoms with van der Waals surface area (Å²) in [6, 6.07) is 2.87. The molecule has 1 rings (SSSR count). The lowest BCUT2D eigenvalue weighted by molar-refractivity contribution is -0.140. The van der Waals surface area contributed by atoms with Crippen LogP contribution in [0.25, 0.3) is 0 Å². The molecular formula is C18H18Cl2N4O6. The summed E-state index contributed by atoms with van der Waals surface area (Å²) in [5.41, 5.74) is 6.42. The largest absolute Gasteiger partial charge is 0.464 e. The van der Waals surface area contributed by atoms with Crippen LogP contribution in [0.5, 0.6) is 0 Å². The molecular weight excluding hydrogens is 439 g/mol. The van der Waals surface area contributed by atoms with Gasteiger partial charge in [0.25, 0.3) is 5.91 Å². The number of Topliss-reactive ketones (excluding diaryl/α,β-unsaturated/α-hetero) is 1. The SMILES string of the molecule is COC(=O)/C(=N\NC(N)=O)[C@@H](C(=O)C=C(C)C)C(=O)C(=O)Nc1ccc(Cl)c(Cl)c1. The number of esters is 1. The fourth-order valence-electron chi connectivity index (χ4n) is 2.10. The number of carbonyl (C=O) groups excluding carboxylic acids is 5. The van der Waals surface area contributed by atoms with E-state index in [-0.39, 0.29) is 15.7 Å². The molecule has 0 aromatic heterocycles. The van der Waals surface area contributed by atoms with Gasteiger partial charge in [0, 0.05) is 5.69 Å². The van der Waals surface area contributed by atoms with E-state index in [1.807, 2.05) is 0 Å². The Hall–Kier alpha value is -3.24. The van der Waals surface area contributed by atoms with Crippen molar-refractivity contribution in [3.8, 4) is 0 Å². The van der Waals surface area contributed by atoms with Crippen LogP contribution in [-0.2, 0) is 23.9 Å². The third kappa shape index (κ3) is 6.98. The zero-order chi connectivity index (χ0) is 23.0. The number of primary amides is 1. The number of allylic oxidation sites excluding steroid dienone is 2. The lowest BCUT2D eigenvalue weighted by atomic mass is 9.91. The van der Waals surface area contributed by atoms with Gasteiger partial charge in [-0.1, -0.05) is 28.8 Å². The molecule has 10 nitrogen and oxygen atoms in total. The number of benzene rings is 1. The van der Waals surface area contributed by atoms with Gasteiger partial charge in [-0.25, -0.2) is 15.0 Å². The molecule has 4 N–H and O–H groups in total. The van der Waals surface area contributed by atoms with Gasteiger partial charge in [-0.05, 0) is 38.1 Å². The summed E-state index contributed by atoms with van der Waals surface area (Å²) in [5, 5.41) is 5.97. The maximum atomic E-state index is 12.8. The van der Waals surface area contributed by atoms with Crippen LogP contribution in [0.15, 0.2) is 34.9 Å². The highest BCUT2D eigenvalue weighted by atomic mass is 35.5. The maximum absolute atomic E-state index is 12.8. The molecule has 0 unspecified atom stereocenters. The summed E-state index contributed by atoms with van der Waals surface area (Å²) in [5.74, 6) is -6.73. The van der Waals surface area contributed by atoms with Crippen LogP contribution in [0.1, 0.15) is 13.8 Å². The van der Waals surface area contributed by atoms with Crippen LogP contribution in [0.4, 0.5) is 10.5 Å². The van der Waals surface area contributed by atoms with Crippen molar-refractivity contribution in [1.82, 2.24) is 5.43 Å². The summed E-state index contributed by atoms with van der Waals surface area (Å²) >= 11 is 11.7.